The molecule has 9 amide bonds. The first-order chi connectivity index (χ1) is 44.8. The zero-order valence-corrected chi connectivity index (χ0v) is 56.7. The molecule has 10 atom stereocenters. The molecule has 33 heteroatoms. The van der Waals surface area contributed by atoms with Gasteiger partial charge in [-0.1, -0.05) is 67.8 Å². The van der Waals surface area contributed by atoms with Gasteiger partial charge in [-0.3, -0.25) is 34.1 Å². The number of methoxy groups -OCH3 is 2. The number of epoxide rings is 1. The van der Waals surface area contributed by atoms with E-state index in [0.717, 1.165) is 22.6 Å². The molecule has 2 aromatic rings. The van der Waals surface area contributed by atoms with Crippen LogP contribution in [0.4, 0.5) is 25.4 Å². The van der Waals surface area contributed by atoms with Gasteiger partial charge in [0.05, 0.1) is 74.4 Å². The van der Waals surface area contributed by atoms with E-state index in [-0.39, 0.29) is 105 Å². The Kier molecular flexibility index (Phi) is 27.5. The maximum atomic E-state index is 16.3. The second-order valence-corrected chi connectivity index (χ2v) is 24.9. The highest BCUT2D eigenvalue weighted by Gasteiger charge is 2.64. The maximum Gasteiger partial charge on any atom is 0.409 e. The number of carbonyl (C=O) groups is 10. The Bertz CT molecular complexity index is 3280. The number of fused-ring (bicyclic) bond motifs is 5. The van der Waals surface area contributed by atoms with Gasteiger partial charge in [-0.2, -0.15) is 0 Å². The SMILES string of the molecule is COc1cc2cc(c1Cl)N(C)C(=O)C[C@H](OC(=O)[C@H](C)N(C)C(=O)c1cc(F)c(NC(=O)[C@H](CCCNC(N)=O)NC(=O)[C@@H](NC(=S)NCCOCCOCCC(=O)ON3C(=O)CCC3=O)C(C)C)cc1Cl)[C@]1(C)O[C@H]1[C@H](C)[C@@H]1C[C@@](O)(NC(=O)O1)[C@H](OC)/C=C/C=C(\C)C2. The Hall–Kier alpha value is -7.78. The van der Waals surface area contributed by atoms with Gasteiger partial charge in [-0.25, -0.2) is 23.6 Å². The molecule has 522 valence electrons. The number of hydrogen-bond acceptors (Lipinski definition) is 20. The molecule has 0 aliphatic carbocycles. The van der Waals surface area contributed by atoms with Crippen molar-refractivity contribution >= 4 is 111 Å². The molecule has 0 spiro atoms. The van der Waals surface area contributed by atoms with E-state index in [2.05, 4.69) is 31.9 Å². The van der Waals surface area contributed by atoms with E-state index in [4.69, 9.17) is 79.1 Å². The number of hydroxylamine groups is 2. The summed E-state index contributed by atoms with van der Waals surface area (Å²) in [4.78, 5) is 138. The number of anilines is 2. The van der Waals surface area contributed by atoms with Crippen molar-refractivity contribution in [2.24, 2.45) is 17.6 Å². The number of likely N-dealkylation sites (N-methyl/N-ethyl adjacent to an activating group) is 1. The molecule has 0 unspecified atom stereocenters. The van der Waals surface area contributed by atoms with Crippen LogP contribution in [-0.4, -0.2) is 201 Å². The fraction of sp³-hybridized carbons (Fsp3) is 0.565. The molecule has 3 fully saturated rings. The van der Waals surface area contributed by atoms with E-state index >= 15 is 4.39 Å². The quantitative estimate of drug-likeness (QED) is 0.0217. The number of esters is 1. The smallest absolute Gasteiger partial charge is 0.409 e. The minimum Gasteiger partial charge on any atom is -0.495 e. The highest BCUT2D eigenvalue weighted by molar-refractivity contribution is 7.80. The van der Waals surface area contributed by atoms with Gasteiger partial charge in [0.2, 0.25) is 17.7 Å². The maximum absolute atomic E-state index is 16.3. The number of urea groups is 1. The fourth-order valence-electron chi connectivity index (χ4n) is 10.7. The molecule has 0 aromatic heterocycles. The van der Waals surface area contributed by atoms with Crippen LogP contribution in [-0.2, 0) is 73.2 Å². The van der Waals surface area contributed by atoms with Crippen molar-refractivity contribution < 1.29 is 95.4 Å². The molecular weight excluding hydrogens is 1310 g/mol. The summed E-state index contributed by atoms with van der Waals surface area (Å²) in [7, 11) is 5.52. The number of aliphatic hydroxyl groups is 1. The lowest BCUT2D eigenvalue weighted by Gasteiger charge is -2.42. The lowest BCUT2D eigenvalue weighted by molar-refractivity contribution is -0.198. The number of primary amides is 1. The number of thiocarbonyl (C=S) groups is 1. The molecule has 0 saturated carbocycles. The summed E-state index contributed by atoms with van der Waals surface area (Å²) in [5, 5.41) is 28.0. The normalized spacial score (nSPS) is 23.9. The van der Waals surface area contributed by atoms with Crippen LogP contribution in [0.1, 0.15) is 102 Å². The van der Waals surface area contributed by atoms with Crippen LogP contribution in [0.2, 0.25) is 10.0 Å². The van der Waals surface area contributed by atoms with Crippen LogP contribution in [0.5, 0.6) is 5.75 Å². The zero-order valence-electron chi connectivity index (χ0n) is 54.4. The van der Waals surface area contributed by atoms with Gasteiger partial charge in [0.1, 0.15) is 58.6 Å². The molecule has 4 aliphatic heterocycles. The summed E-state index contributed by atoms with van der Waals surface area (Å²) in [5.41, 5.74) is 2.72. The molecule has 3 saturated heterocycles. The highest BCUT2D eigenvalue weighted by Crippen LogP contribution is 2.49. The minimum absolute atomic E-state index is 0.00191. The van der Waals surface area contributed by atoms with Crippen LogP contribution < -0.4 is 47.3 Å². The van der Waals surface area contributed by atoms with Crippen LogP contribution in [0, 0.1) is 17.7 Å². The molecule has 29 nitrogen and oxygen atoms in total. The first-order valence-electron chi connectivity index (χ1n) is 30.6. The zero-order chi connectivity index (χ0) is 70.2. The van der Waals surface area contributed by atoms with E-state index < -0.39 is 149 Å². The van der Waals surface area contributed by atoms with Gasteiger partial charge in [-0.15, -0.1) is 5.06 Å². The second-order valence-electron chi connectivity index (χ2n) is 23.8. The third-order valence-electron chi connectivity index (χ3n) is 16.4. The number of imide groups is 1. The number of nitrogens with two attached hydrogens (primary N) is 1. The number of nitrogens with one attached hydrogen (secondary N) is 6. The number of hydrogen-bond donors (Lipinski definition) is 8. The predicted octanol–water partition coefficient (Wildman–Crippen LogP) is 4.01. The summed E-state index contributed by atoms with van der Waals surface area (Å²) in [6.45, 7) is 10.4. The van der Waals surface area contributed by atoms with Crippen molar-refractivity contribution in [1.29, 1.82) is 0 Å². The van der Waals surface area contributed by atoms with Gasteiger partial charge in [-0.05, 0) is 88.0 Å². The first kappa shape index (κ1) is 76.2. The molecule has 4 bridgehead atoms. The number of carbonyl (C=O) groups excluding carboxylic acids is 10. The van der Waals surface area contributed by atoms with E-state index in [1.807, 2.05) is 6.92 Å². The molecule has 6 rings (SSSR count). The van der Waals surface area contributed by atoms with Gasteiger partial charge < -0.3 is 85.2 Å². The third-order valence-corrected chi connectivity index (χ3v) is 17.3. The van der Waals surface area contributed by atoms with Crippen molar-refractivity contribution in [2.75, 3.05) is 78.0 Å². The summed E-state index contributed by atoms with van der Waals surface area (Å²) < 4.78 is 56.6. The van der Waals surface area contributed by atoms with Gasteiger partial charge >= 0.3 is 24.1 Å². The third kappa shape index (κ3) is 20.4. The standard InChI is InChI=1S/C62H83Cl2FN10O19S/c1-32(2)52(71-59(95)68-20-22-90-24-23-89-21-18-50(79)94-75-47(76)16-17-48(75)77)55(81)69-40(14-12-19-67-58(66)84)54(80)70-41-29-38(63)37(28-39(41)65)56(82)73(7)35(5)57(83)92-46-30-49(78)74(8)42-26-36(27-43(87-9)51(42)64)25-33(3)13-11-15-45(88-10)62(86)31-44(91-60(85)72-62)34(4)53-61(46,6)93-53/h11,13,15,26-29,32,34-35,40,44-46,52-53,86H,12,14,16-25,30-31H2,1-10H3,(H,69,81)(H,70,80)(H,72,85)(H3,66,67,84)(H2,68,71,95)/b15-11+,33-13+/t34-,35+,40+,44+,45-,46+,52+,53+,61+,62+/m1/s1. The minimum atomic E-state index is -1.96. The van der Waals surface area contributed by atoms with Crippen molar-refractivity contribution in [2.45, 2.75) is 147 Å². The van der Waals surface area contributed by atoms with Gasteiger partial charge in [0.25, 0.3) is 17.7 Å². The number of alkyl carbamates (subject to hydrolysis) is 1. The number of benzene rings is 2. The van der Waals surface area contributed by atoms with E-state index in [9.17, 15) is 53.1 Å². The van der Waals surface area contributed by atoms with Gasteiger partial charge in [0, 0.05) is 59.5 Å². The molecule has 9 N–H and O–H groups in total. The Labute approximate surface area is 564 Å². The topological polar surface area (TPSA) is 376 Å². The highest BCUT2D eigenvalue weighted by atomic mass is 35.5. The Balaban J connectivity index is 1.11. The molecule has 2 aromatic carbocycles. The van der Waals surface area contributed by atoms with Crippen molar-refractivity contribution in [3.8, 4) is 5.75 Å². The van der Waals surface area contributed by atoms with Crippen molar-refractivity contribution in [3.63, 3.8) is 0 Å². The Morgan fingerprint density at radius 3 is 2.28 bits per heavy atom. The monoisotopic (exact) mass is 1390 g/mol. The van der Waals surface area contributed by atoms with E-state index in [0.29, 0.717) is 17.0 Å². The predicted molar refractivity (Wildman–Crippen MR) is 345 cm³/mol. The van der Waals surface area contributed by atoms with Crippen molar-refractivity contribution in [1.82, 2.24) is 36.5 Å². The van der Waals surface area contributed by atoms with E-state index in [1.54, 1.807) is 58.1 Å². The van der Waals surface area contributed by atoms with Crippen LogP contribution in [0.3, 0.4) is 0 Å². The average Bonchev–Trinajstić information content (AvgIpc) is 1.58. The number of allylic oxidation sites excluding steroid dienone is 3. The van der Waals surface area contributed by atoms with Gasteiger partial charge in [0.15, 0.2) is 10.8 Å². The largest absolute Gasteiger partial charge is 0.495 e. The van der Waals surface area contributed by atoms with E-state index in [1.165, 1.54) is 40.1 Å². The Morgan fingerprint density at radius 2 is 1.63 bits per heavy atom. The average molecular weight is 1390 g/mol. The molecule has 95 heavy (non-hydrogen) atoms. The lowest BCUT2D eigenvalue weighted by atomic mass is 9.83. The summed E-state index contributed by atoms with van der Waals surface area (Å²) in [6, 6.07) is 0.477. The molecule has 4 aliphatic rings. The Morgan fingerprint density at radius 1 is 0.947 bits per heavy atom. The number of amides is 9. The second kappa shape index (κ2) is 34.2. The summed E-state index contributed by atoms with van der Waals surface area (Å²) in [5.74, 6) is -8.17. The fourth-order valence-corrected chi connectivity index (χ4v) is 11.5. The summed E-state index contributed by atoms with van der Waals surface area (Å²) in [6.07, 6.45) is -0.725. The number of nitrogens with zero attached hydrogens (tertiary/aromatic N) is 3. The number of halogens is 3. The van der Waals surface area contributed by atoms with Crippen LogP contribution in [0.25, 0.3) is 0 Å². The molecule has 4 heterocycles. The lowest BCUT2D eigenvalue weighted by Crippen LogP contribution is -2.63. The van der Waals surface area contributed by atoms with Crippen molar-refractivity contribution in [3.05, 3.63) is 75.1 Å². The first-order valence-corrected chi connectivity index (χ1v) is 31.8. The van der Waals surface area contributed by atoms with Crippen LogP contribution >= 0.6 is 35.4 Å². The number of rotatable bonds is 26. The number of ether oxygens (including phenoxy) is 7. The molecular formula is C62H83Cl2FN10O19S. The van der Waals surface area contributed by atoms with Crippen LogP contribution in [0.15, 0.2) is 48.1 Å². The molecule has 0 radical (unpaired) electrons. The summed E-state index contributed by atoms with van der Waals surface area (Å²) >= 11 is 18.9.